The van der Waals surface area contributed by atoms with Gasteiger partial charge >= 0.3 is 5.97 Å². The van der Waals surface area contributed by atoms with E-state index in [0.29, 0.717) is 6.54 Å². The van der Waals surface area contributed by atoms with Crippen molar-refractivity contribution in [2.45, 2.75) is 12.6 Å². The lowest BCUT2D eigenvalue weighted by Crippen LogP contribution is -2.40. The van der Waals surface area contributed by atoms with Crippen LogP contribution in [0.2, 0.25) is 0 Å². The van der Waals surface area contributed by atoms with Crippen molar-refractivity contribution in [2.75, 3.05) is 6.54 Å². The lowest BCUT2D eigenvalue weighted by Gasteiger charge is -2.09. The smallest absolute Gasteiger partial charge is 0.321 e. The Balaban J connectivity index is 1.98. The highest BCUT2D eigenvalue weighted by molar-refractivity contribution is 5.82. The molecule has 2 aromatic rings. The van der Waals surface area contributed by atoms with Crippen LogP contribution in [0.3, 0.4) is 0 Å². The molecule has 18 heavy (non-hydrogen) atoms. The van der Waals surface area contributed by atoms with Gasteiger partial charge in [0.15, 0.2) is 0 Å². The molecule has 0 bridgehead atoms. The quantitative estimate of drug-likeness (QED) is 0.742. The molecule has 0 aromatic heterocycles. The van der Waals surface area contributed by atoms with Crippen molar-refractivity contribution < 1.29 is 9.90 Å². The first-order chi connectivity index (χ1) is 8.66. The molecular weight excluding hydrogens is 228 g/mol. The molecule has 1 atom stereocenters. The van der Waals surface area contributed by atoms with Gasteiger partial charge in [0.05, 0.1) is 0 Å². The first-order valence-electron chi connectivity index (χ1n) is 5.83. The molecule has 4 nitrogen and oxygen atoms in total. The molecule has 0 aliphatic carbocycles. The molecule has 4 N–H and O–H groups in total. The van der Waals surface area contributed by atoms with Gasteiger partial charge in [0, 0.05) is 13.1 Å². The summed E-state index contributed by atoms with van der Waals surface area (Å²) in [5, 5.41) is 14.1. The van der Waals surface area contributed by atoms with Gasteiger partial charge in [-0.05, 0) is 22.4 Å². The van der Waals surface area contributed by atoms with Gasteiger partial charge in [-0.25, -0.2) is 0 Å². The average molecular weight is 244 g/mol. The standard InChI is InChI=1S/C14H16N2O2/c15-13(14(17)18)9-16-8-10-5-6-11-3-1-2-4-12(11)7-10/h1-7,13,16H,8-9,15H2,(H,17,18). The number of carboxylic acid groups (broad SMARTS) is 1. The van der Waals surface area contributed by atoms with Crippen molar-refractivity contribution in [3.05, 3.63) is 48.0 Å². The van der Waals surface area contributed by atoms with E-state index >= 15 is 0 Å². The SMILES string of the molecule is NC(CNCc1ccc2ccccc2c1)C(=O)O. The summed E-state index contributed by atoms with van der Waals surface area (Å²) in [5.74, 6) is -0.985. The van der Waals surface area contributed by atoms with Crippen LogP contribution >= 0.6 is 0 Å². The maximum absolute atomic E-state index is 10.6. The number of fused-ring (bicyclic) bond motifs is 1. The number of benzene rings is 2. The van der Waals surface area contributed by atoms with Crippen LogP contribution in [-0.2, 0) is 11.3 Å². The fourth-order valence-corrected chi connectivity index (χ4v) is 1.81. The zero-order valence-electron chi connectivity index (χ0n) is 9.97. The molecule has 0 amide bonds. The highest BCUT2D eigenvalue weighted by Gasteiger charge is 2.09. The first-order valence-corrected chi connectivity index (χ1v) is 5.83. The maximum Gasteiger partial charge on any atom is 0.321 e. The lowest BCUT2D eigenvalue weighted by atomic mass is 10.1. The van der Waals surface area contributed by atoms with Crippen LogP contribution in [0.1, 0.15) is 5.56 Å². The summed E-state index contributed by atoms with van der Waals surface area (Å²) in [7, 11) is 0. The first kappa shape index (κ1) is 12.5. The summed E-state index contributed by atoms with van der Waals surface area (Å²) in [4.78, 5) is 10.6. The lowest BCUT2D eigenvalue weighted by molar-refractivity contribution is -0.138. The van der Waals surface area contributed by atoms with Crippen molar-refractivity contribution >= 4 is 16.7 Å². The molecule has 4 heteroatoms. The Hall–Kier alpha value is -1.91. The maximum atomic E-state index is 10.6. The molecule has 0 saturated carbocycles. The Morgan fingerprint density at radius 1 is 1.22 bits per heavy atom. The molecule has 2 rings (SSSR count). The van der Waals surface area contributed by atoms with E-state index in [1.165, 1.54) is 10.8 Å². The Bertz CT molecular complexity index is 554. The Labute approximate surface area is 105 Å². The number of carbonyl (C=O) groups is 1. The number of aliphatic carboxylic acids is 1. The van der Waals surface area contributed by atoms with Gasteiger partial charge in [-0.2, -0.15) is 0 Å². The second-order valence-corrected chi connectivity index (χ2v) is 4.26. The molecule has 0 aliphatic rings. The van der Waals surface area contributed by atoms with Gasteiger partial charge in [-0.3, -0.25) is 4.79 Å². The summed E-state index contributed by atoms with van der Waals surface area (Å²) in [5.41, 5.74) is 6.53. The van der Waals surface area contributed by atoms with Crippen LogP contribution in [-0.4, -0.2) is 23.7 Å². The third kappa shape index (κ3) is 3.06. The number of hydrogen-bond donors (Lipinski definition) is 3. The second-order valence-electron chi connectivity index (χ2n) is 4.26. The summed E-state index contributed by atoms with van der Waals surface area (Å²) in [6, 6.07) is 13.4. The van der Waals surface area contributed by atoms with E-state index in [0.717, 1.165) is 5.56 Å². The van der Waals surface area contributed by atoms with Crippen LogP contribution in [0.4, 0.5) is 0 Å². The van der Waals surface area contributed by atoms with Crippen LogP contribution < -0.4 is 11.1 Å². The summed E-state index contributed by atoms with van der Waals surface area (Å²) >= 11 is 0. The number of nitrogens with one attached hydrogen (secondary N) is 1. The Kier molecular flexibility index (Phi) is 3.92. The minimum absolute atomic E-state index is 0.266. The van der Waals surface area contributed by atoms with Crippen LogP contribution in [0.25, 0.3) is 10.8 Å². The topological polar surface area (TPSA) is 75.3 Å². The number of nitrogens with two attached hydrogens (primary N) is 1. The van der Waals surface area contributed by atoms with Gasteiger partial charge in [-0.1, -0.05) is 36.4 Å². The number of hydrogen-bond acceptors (Lipinski definition) is 3. The molecule has 0 radical (unpaired) electrons. The zero-order valence-corrected chi connectivity index (χ0v) is 9.97. The Morgan fingerprint density at radius 2 is 1.94 bits per heavy atom. The van der Waals surface area contributed by atoms with E-state index in [2.05, 4.69) is 29.6 Å². The number of carboxylic acids is 1. The molecular formula is C14H16N2O2. The molecule has 0 aliphatic heterocycles. The van der Waals surface area contributed by atoms with E-state index in [4.69, 9.17) is 10.8 Å². The molecule has 1 unspecified atom stereocenters. The van der Waals surface area contributed by atoms with Gasteiger partial charge in [0.2, 0.25) is 0 Å². The minimum Gasteiger partial charge on any atom is -0.480 e. The van der Waals surface area contributed by atoms with Crippen LogP contribution in [0.5, 0.6) is 0 Å². The fourth-order valence-electron chi connectivity index (χ4n) is 1.81. The van der Waals surface area contributed by atoms with Crippen LogP contribution in [0.15, 0.2) is 42.5 Å². The van der Waals surface area contributed by atoms with Gasteiger partial charge in [0.25, 0.3) is 0 Å². The third-order valence-corrected chi connectivity index (χ3v) is 2.82. The van der Waals surface area contributed by atoms with E-state index in [1.54, 1.807) is 0 Å². The summed E-state index contributed by atoms with van der Waals surface area (Å²) in [6.45, 7) is 0.883. The number of rotatable bonds is 5. The predicted molar refractivity (Wildman–Crippen MR) is 71.3 cm³/mol. The highest BCUT2D eigenvalue weighted by atomic mass is 16.4. The Morgan fingerprint density at radius 3 is 2.67 bits per heavy atom. The predicted octanol–water partition coefficient (Wildman–Crippen LogP) is 1.34. The molecule has 94 valence electrons. The molecule has 0 fully saturated rings. The largest absolute Gasteiger partial charge is 0.480 e. The van der Waals surface area contributed by atoms with Crippen molar-refractivity contribution in [1.29, 1.82) is 0 Å². The highest BCUT2D eigenvalue weighted by Crippen LogP contribution is 2.15. The van der Waals surface area contributed by atoms with E-state index in [1.807, 2.05) is 18.2 Å². The third-order valence-electron chi connectivity index (χ3n) is 2.82. The van der Waals surface area contributed by atoms with Gasteiger partial charge in [0.1, 0.15) is 6.04 Å². The second kappa shape index (κ2) is 5.62. The normalized spacial score (nSPS) is 12.5. The summed E-state index contributed by atoms with van der Waals surface area (Å²) in [6.07, 6.45) is 0. The molecule has 0 spiro atoms. The van der Waals surface area contributed by atoms with Crippen molar-refractivity contribution in [1.82, 2.24) is 5.32 Å². The fraction of sp³-hybridized carbons (Fsp3) is 0.214. The monoisotopic (exact) mass is 244 g/mol. The van der Waals surface area contributed by atoms with Crippen molar-refractivity contribution in [2.24, 2.45) is 5.73 Å². The molecule has 0 heterocycles. The van der Waals surface area contributed by atoms with E-state index < -0.39 is 12.0 Å². The minimum atomic E-state index is -0.985. The van der Waals surface area contributed by atoms with Gasteiger partial charge < -0.3 is 16.2 Å². The molecule has 0 saturated heterocycles. The average Bonchev–Trinajstić information content (AvgIpc) is 2.38. The van der Waals surface area contributed by atoms with Crippen LogP contribution in [0, 0.1) is 0 Å². The van der Waals surface area contributed by atoms with Crippen molar-refractivity contribution in [3.63, 3.8) is 0 Å². The van der Waals surface area contributed by atoms with E-state index in [9.17, 15) is 4.79 Å². The molecule has 2 aromatic carbocycles. The van der Waals surface area contributed by atoms with E-state index in [-0.39, 0.29) is 6.54 Å². The summed E-state index contributed by atoms with van der Waals surface area (Å²) < 4.78 is 0. The van der Waals surface area contributed by atoms with Gasteiger partial charge in [-0.15, -0.1) is 0 Å². The van der Waals surface area contributed by atoms with Crippen molar-refractivity contribution in [3.8, 4) is 0 Å². The zero-order chi connectivity index (χ0) is 13.0.